The van der Waals surface area contributed by atoms with E-state index >= 15 is 0 Å². The second-order valence-corrected chi connectivity index (χ2v) is 11.0. The highest BCUT2D eigenvalue weighted by Gasteiger charge is 2.35. The van der Waals surface area contributed by atoms with Crippen LogP contribution in [0.2, 0.25) is 0 Å². The van der Waals surface area contributed by atoms with Crippen LogP contribution in [0, 0.1) is 0 Å². The highest BCUT2D eigenvalue weighted by molar-refractivity contribution is 8.01. The molecule has 3 rings (SSSR count). The van der Waals surface area contributed by atoms with Gasteiger partial charge in [-0.25, -0.2) is 8.42 Å². The van der Waals surface area contributed by atoms with Gasteiger partial charge in [0.05, 0.1) is 17.3 Å². The lowest BCUT2D eigenvalue weighted by Crippen LogP contribution is -2.38. The minimum absolute atomic E-state index is 0.0400. The van der Waals surface area contributed by atoms with Crippen molar-refractivity contribution >= 4 is 49.9 Å². The van der Waals surface area contributed by atoms with Crippen LogP contribution in [-0.2, 0) is 19.4 Å². The van der Waals surface area contributed by atoms with Crippen molar-refractivity contribution in [2.75, 3.05) is 29.2 Å². The van der Waals surface area contributed by atoms with Crippen LogP contribution in [-0.4, -0.2) is 71.7 Å². The van der Waals surface area contributed by atoms with Crippen molar-refractivity contribution in [2.24, 2.45) is 0 Å². The average molecular weight is 419 g/mol. The maximum Gasteiger partial charge on any atom is 0.233 e. The Bertz CT molecular complexity index is 791. The Kier molecular flexibility index (Phi) is 5.88. The molecule has 1 aromatic rings. The maximum atomic E-state index is 12.3. The molecule has 1 saturated carbocycles. The molecular formula is C15H22N4O4S3. The number of hydrogen-bond acceptors (Lipinski definition) is 8. The lowest BCUT2D eigenvalue weighted by molar-refractivity contribution is -0.128. The quantitative estimate of drug-likeness (QED) is 0.484. The van der Waals surface area contributed by atoms with E-state index < -0.39 is 9.84 Å². The van der Waals surface area contributed by atoms with E-state index in [1.54, 1.807) is 11.9 Å². The number of carbonyl (C=O) groups is 2. The van der Waals surface area contributed by atoms with Crippen molar-refractivity contribution in [3.05, 3.63) is 0 Å². The summed E-state index contributed by atoms with van der Waals surface area (Å²) in [5.74, 6) is 0.270. The van der Waals surface area contributed by atoms with E-state index in [9.17, 15) is 18.0 Å². The predicted octanol–water partition coefficient (Wildman–Crippen LogP) is 1.18. The van der Waals surface area contributed by atoms with E-state index in [2.05, 4.69) is 10.2 Å². The Morgan fingerprint density at radius 2 is 1.92 bits per heavy atom. The first kappa shape index (κ1) is 19.6. The third-order valence-corrected chi connectivity index (χ3v) is 8.34. The van der Waals surface area contributed by atoms with E-state index in [-0.39, 0.29) is 41.2 Å². The minimum Gasteiger partial charge on any atom is -0.341 e. The SMILES string of the molecule is CCC(=O)N(c1nnc(SCC(=O)N(C)[C@H]2CCS(=O)(=O)C2)s1)C1CC1. The molecule has 8 nitrogen and oxygen atoms in total. The summed E-state index contributed by atoms with van der Waals surface area (Å²) in [4.78, 5) is 27.7. The van der Waals surface area contributed by atoms with Crippen LogP contribution in [0.15, 0.2) is 4.34 Å². The molecule has 2 fully saturated rings. The minimum atomic E-state index is -3.02. The largest absolute Gasteiger partial charge is 0.341 e. The van der Waals surface area contributed by atoms with E-state index in [0.29, 0.717) is 22.3 Å². The first-order chi connectivity index (χ1) is 12.3. The van der Waals surface area contributed by atoms with E-state index in [1.807, 2.05) is 6.92 Å². The van der Waals surface area contributed by atoms with Crippen LogP contribution in [0.5, 0.6) is 0 Å². The van der Waals surface area contributed by atoms with Gasteiger partial charge in [-0.2, -0.15) is 0 Å². The third-order valence-electron chi connectivity index (χ3n) is 4.55. The molecular weight excluding hydrogens is 396 g/mol. The van der Waals surface area contributed by atoms with Crippen LogP contribution in [0.3, 0.4) is 0 Å². The normalized spacial score (nSPS) is 21.5. The van der Waals surface area contributed by atoms with Crippen molar-refractivity contribution in [3.63, 3.8) is 0 Å². The van der Waals surface area contributed by atoms with Crippen molar-refractivity contribution in [2.45, 2.75) is 49.0 Å². The lowest BCUT2D eigenvalue weighted by atomic mass is 10.2. The number of hydrogen-bond donors (Lipinski definition) is 0. The van der Waals surface area contributed by atoms with Gasteiger partial charge in [-0.05, 0) is 19.3 Å². The monoisotopic (exact) mass is 418 g/mol. The number of sulfone groups is 1. The number of nitrogens with zero attached hydrogens (tertiary/aromatic N) is 4. The number of rotatable bonds is 7. The molecule has 144 valence electrons. The highest BCUT2D eigenvalue weighted by atomic mass is 32.2. The summed E-state index contributed by atoms with van der Waals surface area (Å²) < 4.78 is 23.8. The van der Waals surface area contributed by atoms with Crippen molar-refractivity contribution in [1.82, 2.24) is 15.1 Å². The van der Waals surface area contributed by atoms with Gasteiger partial charge >= 0.3 is 0 Å². The van der Waals surface area contributed by atoms with Crippen molar-refractivity contribution in [3.8, 4) is 0 Å². The topological polar surface area (TPSA) is 101 Å². The molecule has 2 aliphatic rings. The van der Waals surface area contributed by atoms with Crippen LogP contribution < -0.4 is 4.90 Å². The highest BCUT2D eigenvalue weighted by Crippen LogP contribution is 2.36. The number of anilines is 1. The molecule has 2 amide bonds. The number of amides is 2. The molecule has 0 spiro atoms. The molecule has 0 radical (unpaired) electrons. The van der Waals surface area contributed by atoms with E-state index in [1.165, 1.54) is 28.0 Å². The third kappa shape index (κ3) is 4.55. The van der Waals surface area contributed by atoms with Crippen LogP contribution >= 0.6 is 23.1 Å². The summed E-state index contributed by atoms with van der Waals surface area (Å²) in [6, 6.07) is -0.0176. The van der Waals surface area contributed by atoms with Gasteiger partial charge in [0.2, 0.25) is 16.9 Å². The fourth-order valence-corrected chi connectivity index (χ4v) is 6.47. The maximum absolute atomic E-state index is 12.3. The Labute approximate surface area is 161 Å². The van der Waals surface area contributed by atoms with Crippen molar-refractivity contribution in [1.29, 1.82) is 0 Å². The van der Waals surface area contributed by atoms with Gasteiger partial charge in [-0.1, -0.05) is 30.0 Å². The molecule has 1 aromatic heterocycles. The summed E-state index contributed by atoms with van der Waals surface area (Å²) in [6.07, 6.45) is 2.89. The van der Waals surface area contributed by atoms with Crippen molar-refractivity contribution < 1.29 is 18.0 Å². The molecule has 0 aromatic carbocycles. The van der Waals surface area contributed by atoms with Gasteiger partial charge in [0.15, 0.2) is 14.2 Å². The first-order valence-corrected chi connectivity index (χ1v) is 12.2. The van der Waals surface area contributed by atoms with E-state index in [0.717, 1.165) is 12.8 Å². The Balaban J connectivity index is 1.56. The smallest absolute Gasteiger partial charge is 0.233 e. The van der Waals surface area contributed by atoms with Gasteiger partial charge in [-0.15, -0.1) is 10.2 Å². The molecule has 0 unspecified atom stereocenters. The molecule has 11 heteroatoms. The lowest BCUT2D eigenvalue weighted by Gasteiger charge is -2.22. The Morgan fingerprint density at radius 3 is 2.50 bits per heavy atom. The summed E-state index contributed by atoms with van der Waals surface area (Å²) in [5.41, 5.74) is 0. The van der Waals surface area contributed by atoms with Gasteiger partial charge in [-0.3, -0.25) is 14.5 Å². The summed E-state index contributed by atoms with van der Waals surface area (Å²) in [6.45, 7) is 1.83. The summed E-state index contributed by atoms with van der Waals surface area (Å²) >= 11 is 2.59. The second kappa shape index (κ2) is 7.81. The van der Waals surface area contributed by atoms with Crippen LogP contribution in [0.4, 0.5) is 5.13 Å². The molecule has 26 heavy (non-hydrogen) atoms. The van der Waals surface area contributed by atoms with Gasteiger partial charge < -0.3 is 4.90 Å². The second-order valence-electron chi connectivity index (χ2n) is 6.55. The van der Waals surface area contributed by atoms with Gasteiger partial charge in [0.25, 0.3) is 0 Å². The molecule has 1 atom stereocenters. The molecule has 0 N–H and O–H groups in total. The molecule has 1 saturated heterocycles. The summed E-state index contributed by atoms with van der Waals surface area (Å²) in [5, 5.41) is 8.79. The zero-order valence-electron chi connectivity index (χ0n) is 14.8. The molecule has 1 aliphatic heterocycles. The zero-order valence-corrected chi connectivity index (χ0v) is 17.2. The Morgan fingerprint density at radius 1 is 1.19 bits per heavy atom. The fraction of sp³-hybridized carbons (Fsp3) is 0.733. The zero-order chi connectivity index (χ0) is 18.9. The average Bonchev–Trinajstić information content (AvgIpc) is 3.21. The van der Waals surface area contributed by atoms with Crippen LogP contribution in [0.1, 0.15) is 32.6 Å². The van der Waals surface area contributed by atoms with Crippen LogP contribution in [0.25, 0.3) is 0 Å². The molecule has 2 heterocycles. The molecule has 0 bridgehead atoms. The van der Waals surface area contributed by atoms with Gasteiger partial charge in [0.1, 0.15) is 0 Å². The van der Waals surface area contributed by atoms with E-state index in [4.69, 9.17) is 0 Å². The standard InChI is InChI=1S/C15H22N4O4S3/c1-3-12(20)19(10-4-5-10)14-16-17-15(25-14)24-8-13(21)18(2)11-6-7-26(22,23)9-11/h10-11H,3-9H2,1-2H3/t11-/m0/s1. The summed E-state index contributed by atoms with van der Waals surface area (Å²) in [7, 11) is -1.37. The number of carbonyl (C=O) groups excluding carboxylic acids is 2. The first-order valence-electron chi connectivity index (χ1n) is 8.55. The Hall–Kier alpha value is -1.20. The van der Waals surface area contributed by atoms with Gasteiger partial charge in [0, 0.05) is 25.6 Å². The number of aromatic nitrogens is 2. The molecule has 1 aliphatic carbocycles. The number of thioether (sulfide) groups is 1. The predicted molar refractivity (Wildman–Crippen MR) is 101 cm³/mol. The fourth-order valence-electron chi connectivity index (χ4n) is 2.84.